The molecule has 1 amide bonds. The number of carbonyl (C=O) groups excluding carboxylic acids is 2. The van der Waals surface area contributed by atoms with Crippen molar-refractivity contribution in [2.75, 3.05) is 5.32 Å². The van der Waals surface area contributed by atoms with Gasteiger partial charge < -0.3 is 9.47 Å². The van der Waals surface area contributed by atoms with Gasteiger partial charge in [-0.25, -0.2) is 4.79 Å². The summed E-state index contributed by atoms with van der Waals surface area (Å²) in [6, 6.07) is 14.5. The van der Waals surface area contributed by atoms with E-state index >= 15 is 0 Å². The van der Waals surface area contributed by atoms with Crippen LogP contribution in [0.2, 0.25) is 0 Å². The molecule has 142 valence electrons. The van der Waals surface area contributed by atoms with Gasteiger partial charge >= 0.3 is 6.09 Å². The van der Waals surface area contributed by atoms with Gasteiger partial charge in [-0.15, -0.1) is 0 Å². The third-order valence-electron chi connectivity index (χ3n) is 3.50. The van der Waals surface area contributed by atoms with E-state index in [1.54, 1.807) is 39.0 Å². The zero-order valence-corrected chi connectivity index (χ0v) is 16.0. The van der Waals surface area contributed by atoms with Gasteiger partial charge in [0.2, 0.25) is 0 Å². The van der Waals surface area contributed by atoms with Crippen molar-refractivity contribution in [1.82, 2.24) is 0 Å². The van der Waals surface area contributed by atoms with Gasteiger partial charge in [-0.1, -0.05) is 30.3 Å². The van der Waals surface area contributed by atoms with Crippen molar-refractivity contribution in [3.63, 3.8) is 0 Å². The van der Waals surface area contributed by atoms with Crippen LogP contribution in [0.25, 0.3) is 0 Å². The quantitative estimate of drug-likeness (QED) is 0.731. The van der Waals surface area contributed by atoms with Crippen LogP contribution in [0.4, 0.5) is 10.5 Å². The molecule has 0 fully saturated rings. The molecule has 0 spiro atoms. The van der Waals surface area contributed by atoms with Gasteiger partial charge in [0.25, 0.3) is 0 Å². The smallest absolute Gasteiger partial charge is 0.412 e. The largest absolute Gasteiger partial charge is 0.489 e. The predicted molar refractivity (Wildman–Crippen MR) is 105 cm³/mol. The molecule has 2 aromatic carbocycles. The van der Waals surface area contributed by atoms with E-state index < -0.39 is 17.5 Å². The van der Waals surface area contributed by atoms with Crippen LogP contribution in [0.15, 0.2) is 48.5 Å². The Balaban J connectivity index is 2.22. The van der Waals surface area contributed by atoms with Crippen molar-refractivity contribution in [3.05, 3.63) is 59.7 Å². The predicted octanol–water partition coefficient (Wildman–Crippen LogP) is 4.57. The van der Waals surface area contributed by atoms with Gasteiger partial charge in [-0.3, -0.25) is 15.5 Å². The lowest BCUT2D eigenvalue weighted by atomic mass is 10.0. The maximum Gasteiger partial charge on any atom is 0.412 e. The summed E-state index contributed by atoms with van der Waals surface area (Å²) in [6.45, 7) is 6.92. The Morgan fingerprint density at radius 3 is 2.33 bits per heavy atom. The lowest BCUT2D eigenvalue weighted by Gasteiger charge is -2.20. The number of amides is 1. The third kappa shape index (κ3) is 6.26. The van der Waals surface area contributed by atoms with Gasteiger partial charge in [0.15, 0.2) is 5.78 Å². The van der Waals surface area contributed by atoms with Crippen LogP contribution >= 0.6 is 0 Å². The highest BCUT2D eigenvalue weighted by Gasteiger charge is 2.19. The van der Waals surface area contributed by atoms with Crippen molar-refractivity contribution < 1.29 is 19.1 Å². The summed E-state index contributed by atoms with van der Waals surface area (Å²) in [5, 5.41) is 10.6. The third-order valence-corrected chi connectivity index (χ3v) is 3.50. The number of carbonyl (C=O) groups is 2. The zero-order chi connectivity index (χ0) is 20.0. The van der Waals surface area contributed by atoms with Gasteiger partial charge in [-0.2, -0.15) is 0 Å². The average molecular weight is 368 g/mol. The second-order valence-electron chi connectivity index (χ2n) is 7.04. The van der Waals surface area contributed by atoms with Crippen molar-refractivity contribution in [3.8, 4) is 5.75 Å². The molecule has 6 heteroatoms. The monoisotopic (exact) mass is 368 g/mol. The van der Waals surface area contributed by atoms with Crippen molar-refractivity contribution in [1.29, 1.82) is 5.41 Å². The molecule has 0 heterocycles. The number of hydrogen-bond donors (Lipinski definition) is 2. The summed E-state index contributed by atoms with van der Waals surface area (Å²) in [5.41, 5.74) is 0.718. The summed E-state index contributed by atoms with van der Waals surface area (Å²) in [5.74, 6) is 0.0806. The number of hydrogen-bond acceptors (Lipinski definition) is 5. The van der Waals surface area contributed by atoms with E-state index in [-0.39, 0.29) is 11.3 Å². The maximum absolute atomic E-state index is 12.0. The summed E-state index contributed by atoms with van der Waals surface area (Å²) in [4.78, 5) is 23.7. The lowest BCUT2D eigenvalue weighted by molar-refractivity contribution is -0.111. The van der Waals surface area contributed by atoms with Crippen LogP contribution in [0.5, 0.6) is 5.75 Å². The van der Waals surface area contributed by atoms with Crippen LogP contribution < -0.4 is 10.1 Å². The highest BCUT2D eigenvalue weighted by Crippen LogP contribution is 2.24. The first-order valence-electron chi connectivity index (χ1n) is 8.56. The Hall–Kier alpha value is -3.15. The first kappa shape index (κ1) is 20.2. The molecule has 0 aliphatic carbocycles. The molecular formula is C21H24N2O4. The van der Waals surface area contributed by atoms with Crippen LogP contribution in [-0.4, -0.2) is 23.2 Å². The van der Waals surface area contributed by atoms with E-state index in [9.17, 15) is 9.59 Å². The maximum atomic E-state index is 12.0. The Bertz CT molecular complexity index is 839. The molecule has 2 N–H and O–H groups in total. The number of ketones is 1. The van der Waals surface area contributed by atoms with Crippen LogP contribution in [0, 0.1) is 5.41 Å². The minimum absolute atomic E-state index is 0.216. The zero-order valence-electron chi connectivity index (χ0n) is 16.0. The summed E-state index contributed by atoms with van der Waals surface area (Å²) in [7, 11) is 0. The van der Waals surface area contributed by atoms with Crippen LogP contribution in [0.1, 0.15) is 38.8 Å². The Morgan fingerprint density at radius 2 is 1.74 bits per heavy atom. The molecule has 2 aromatic rings. The minimum atomic E-state index is -0.656. The van der Waals surface area contributed by atoms with E-state index in [0.29, 0.717) is 18.0 Å². The lowest BCUT2D eigenvalue weighted by Crippen LogP contribution is -2.28. The number of rotatable bonds is 6. The molecular weight excluding hydrogens is 344 g/mol. The number of Topliss-reactive ketones (excluding diaryl/α,β-unsaturated/α-hetero) is 1. The van der Waals surface area contributed by atoms with E-state index in [4.69, 9.17) is 14.9 Å². The van der Waals surface area contributed by atoms with Crippen LogP contribution in [0.3, 0.4) is 0 Å². The van der Waals surface area contributed by atoms with E-state index in [2.05, 4.69) is 5.32 Å². The SMILES string of the molecule is CC(=O)C(=N)c1cc(OCc2ccccc2)ccc1NC(=O)OC(C)(C)C. The molecule has 0 saturated carbocycles. The van der Waals surface area contributed by atoms with Crippen LogP contribution in [-0.2, 0) is 16.1 Å². The van der Waals surface area contributed by atoms with Crippen molar-refractivity contribution in [2.45, 2.75) is 39.9 Å². The molecule has 0 radical (unpaired) electrons. The summed E-state index contributed by atoms with van der Waals surface area (Å²) in [6.07, 6.45) is -0.655. The Labute approximate surface area is 159 Å². The average Bonchev–Trinajstić information content (AvgIpc) is 2.59. The fourth-order valence-electron chi connectivity index (χ4n) is 2.27. The number of benzene rings is 2. The first-order valence-corrected chi connectivity index (χ1v) is 8.56. The number of ether oxygens (including phenoxy) is 2. The molecule has 0 aromatic heterocycles. The molecule has 0 aliphatic rings. The normalized spacial score (nSPS) is 10.8. The topological polar surface area (TPSA) is 88.5 Å². The summed E-state index contributed by atoms with van der Waals surface area (Å²) < 4.78 is 11.0. The minimum Gasteiger partial charge on any atom is -0.489 e. The number of nitrogens with one attached hydrogen (secondary N) is 2. The molecule has 27 heavy (non-hydrogen) atoms. The van der Waals surface area contributed by atoms with Gasteiger partial charge in [0.05, 0.1) is 5.69 Å². The van der Waals surface area contributed by atoms with E-state index in [0.717, 1.165) is 5.56 Å². The molecule has 2 rings (SSSR count). The van der Waals surface area contributed by atoms with Gasteiger partial charge in [-0.05, 0) is 44.5 Å². The highest BCUT2D eigenvalue weighted by atomic mass is 16.6. The fourth-order valence-corrected chi connectivity index (χ4v) is 2.27. The fraction of sp³-hybridized carbons (Fsp3) is 0.286. The standard InChI is InChI=1S/C21H24N2O4/c1-14(24)19(22)17-12-16(26-13-15-8-6-5-7-9-15)10-11-18(17)23-20(25)27-21(2,3)4/h5-12,22H,13H2,1-4H3,(H,23,25). The Kier molecular flexibility index (Phi) is 6.34. The number of anilines is 1. The molecule has 0 bridgehead atoms. The van der Waals surface area contributed by atoms with Crippen molar-refractivity contribution in [2.24, 2.45) is 0 Å². The molecule has 6 nitrogen and oxygen atoms in total. The van der Waals surface area contributed by atoms with Crippen molar-refractivity contribution >= 4 is 23.3 Å². The van der Waals surface area contributed by atoms with Gasteiger partial charge in [0.1, 0.15) is 23.7 Å². The summed E-state index contributed by atoms with van der Waals surface area (Å²) >= 11 is 0. The molecule has 0 aliphatic heterocycles. The Morgan fingerprint density at radius 1 is 1.07 bits per heavy atom. The van der Waals surface area contributed by atoms with E-state index in [1.807, 2.05) is 30.3 Å². The first-order chi connectivity index (χ1) is 12.7. The highest BCUT2D eigenvalue weighted by molar-refractivity contribution is 6.45. The molecule has 0 unspecified atom stereocenters. The second kappa shape index (κ2) is 8.49. The van der Waals surface area contributed by atoms with E-state index in [1.165, 1.54) is 6.92 Å². The van der Waals surface area contributed by atoms with Gasteiger partial charge in [0, 0.05) is 12.5 Å². The molecule has 0 atom stereocenters. The molecule has 0 saturated heterocycles. The second-order valence-corrected chi connectivity index (χ2v) is 7.04.